The zero-order valence-electron chi connectivity index (χ0n) is 9.63. The molecule has 0 saturated heterocycles. The van der Waals surface area contributed by atoms with Crippen LogP contribution in [0.15, 0.2) is 42.6 Å². The molecule has 0 fully saturated rings. The molecular formula is C13H13N3O2. The van der Waals surface area contributed by atoms with E-state index in [1.807, 2.05) is 0 Å². The molecule has 5 heteroatoms. The number of rotatable bonds is 3. The first-order valence-electron chi connectivity index (χ1n) is 5.43. The lowest BCUT2D eigenvalue weighted by atomic mass is 10.1. The molecule has 1 aromatic heterocycles. The van der Waals surface area contributed by atoms with E-state index in [0.29, 0.717) is 17.1 Å². The Morgan fingerprint density at radius 2 is 2.17 bits per heavy atom. The van der Waals surface area contributed by atoms with Crippen molar-refractivity contribution < 1.29 is 9.90 Å². The SMILES string of the molecule is Nc1ccc(CC(=O)Nc2ccccn2)cc1O. The highest BCUT2D eigenvalue weighted by Gasteiger charge is 2.06. The first-order chi connectivity index (χ1) is 8.65. The van der Waals surface area contributed by atoms with Gasteiger partial charge in [0.15, 0.2) is 0 Å². The molecule has 4 N–H and O–H groups in total. The van der Waals surface area contributed by atoms with Crippen LogP contribution in [0.1, 0.15) is 5.56 Å². The lowest BCUT2D eigenvalue weighted by molar-refractivity contribution is -0.115. The van der Waals surface area contributed by atoms with E-state index >= 15 is 0 Å². The Morgan fingerprint density at radius 3 is 2.83 bits per heavy atom. The van der Waals surface area contributed by atoms with Crippen molar-refractivity contribution in [1.29, 1.82) is 0 Å². The lowest BCUT2D eigenvalue weighted by Crippen LogP contribution is -2.15. The molecule has 92 valence electrons. The highest BCUT2D eigenvalue weighted by atomic mass is 16.3. The molecule has 1 amide bonds. The summed E-state index contributed by atoms with van der Waals surface area (Å²) in [7, 11) is 0. The van der Waals surface area contributed by atoms with Crippen molar-refractivity contribution >= 4 is 17.4 Å². The van der Waals surface area contributed by atoms with Crippen molar-refractivity contribution in [2.45, 2.75) is 6.42 Å². The van der Waals surface area contributed by atoms with Gasteiger partial charge in [0.05, 0.1) is 12.1 Å². The number of benzene rings is 1. The minimum absolute atomic E-state index is 0.0156. The largest absolute Gasteiger partial charge is 0.506 e. The quantitative estimate of drug-likeness (QED) is 0.563. The van der Waals surface area contributed by atoms with Crippen LogP contribution in [-0.4, -0.2) is 16.0 Å². The number of pyridine rings is 1. The first kappa shape index (κ1) is 11.9. The number of hydrogen-bond acceptors (Lipinski definition) is 4. The van der Waals surface area contributed by atoms with Gasteiger partial charge in [0.25, 0.3) is 0 Å². The number of nitrogen functional groups attached to an aromatic ring is 1. The third-order valence-electron chi connectivity index (χ3n) is 2.39. The van der Waals surface area contributed by atoms with E-state index in [2.05, 4.69) is 10.3 Å². The second kappa shape index (κ2) is 5.18. The summed E-state index contributed by atoms with van der Waals surface area (Å²) in [5.41, 5.74) is 6.47. The standard InChI is InChI=1S/C13H13N3O2/c14-10-5-4-9(7-11(10)17)8-13(18)16-12-3-1-2-6-15-12/h1-7,17H,8,14H2,(H,15,16,18). The molecule has 0 saturated carbocycles. The van der Waals surface area contributed by atoms with Crippen molar-refractivity contribution in [3.63, 3.8) is 0 Å². The van der Waals surface area contributed by atoms with Crippen molar-refractivity contribution in [1.82, 2.24) is 4.98 Å². The van der Waals surface area contributed by atoms with Gasteiger partial charge in [0.2, 0.25) is 5.91 Å². The fourth-order valence-electron chi connectivity index (χ4n) is 1.51. The second-order valence-corrected chi connectivity index (χ2v) is 3.83. The van der Waals surface area contributed by atoms with Gasteiger partial charge >= 0.3 is 0 Å². The normalized spacial score (nSPS) is 10.0. The number of phenolic OH excluding ortho intramolecular Hbond substituents is 1. The molecule has 1 aromatic carbocycles. The smallest absolute Gasteiger partial charge is 0.229 e. The van der Waals surface area contributed by atoms with E-state index in [-0.39, 0.29) is 18.1 Å². The molecule has 0 aliphatic heterocycles. The summed E-state index contributed by atoms with van der Waals surface area (Å²) in [6, 6.07) is 10.0. The lowest BCUT2D eigenvalue weighted by Gasteiger charge is -2.05. The zero-order chi connectivity index (χ0) is 13.0. The van der Waals surface area contributed by atoms with Crippen LogP contribution in [-0.2, 0) is 11.2 Å². The van der Waals surface area contributed by atoms with Crippen LogP contribution in [0, 0.1) is 0 Å². The molecule has 0 bridgehead atoms. The van der Waals surface area contributed by atoms with Gasteiger partial charge < -0.3 is 16.2 Å². The molecule has 0 spiro atoms. The minimum atomic E-state index is -0.196. The summed E-state index contributed by atoms with van der Waals surface area (Å²) in [5, 5.41) is 12.1. The molecule has 5 nitrogen and oxygen atoms in total. The number of nitrogens with two attached hydrogens (primary N) is 1. The maximum Gasteiger partial charge on any atom is 0.229 e. The van der Waals surface area contributed by atoms with E-state index < -0.39 is 0 Å². The number of amides is 1. The number of phenols is 1. The maximum absolute atomic E-state index is 11.7. The van der Waals surface area contributed by atoms with Crippen LogP contribution < -0.4 is 11.1 Å². The molecule has 0 radical (unpaired) electrons. The predicted molar refractivity (Wildman–Crippen MR) is 69.1 cm³/mol. The van der Waals surface area contributed by atoms with Gasteiger partial charge in [-0.2, -0.15) is 0 Å². The van der Waals surface area contributed by atoms with Gasteiger partial charge in [-0.3, -0.25) is 4.79 Å². The molecule has 18 heavy (non-hydrogen) atoms. The Morgan fingerprint density at radius 1 is 1.33 bits per heavy atom. The summed E-state index contributed by atoms with van der Waals surface area (Å²) in [6.07, 6.45) is 1.76. The molecule has 0 aliphatic rings. The molecule has 2 aromatic rings. The molecule has 2 rings (SSSR count). The van der Waals surface area contributed by atoms with E-state index in [0.717, 1.165) is 0 Å². The van der Waals surface area contributed by atoms with Crippen molar-refractivity contribution in [3.05, 3.63) is 48.2 Å². The Labute approximate surface area is 104 Å². The van der Waals surface area contributed by atoms with Crippen LogP contribution in [0.4, 0.5) is 11.5 Å². The highest BCUT2D eigenvalue weighted by molar-refractivity contribution is 5.91. The van der Waals surface area contributed by atoms with Crippen LogP contribution >= 0.6 is 0 Å². The van der Waals surface area contributed by atoms with Gasteiger partial charge in [0, 0.05) is 6.20 Å². The third kappa shape index (κ3) is 2.98. The Kier molecular flexibility index (Phi) is 3.43. The number of hydrogen-bond donors (Lipinski definition) is 3. The number of nitrogens with one attached hydrogen (secondary N) is 1. The van der Waals surface area contributed by atoms with Gasteiger partial charge in [-0.15, -0.1) is 0 Å². The Bertz CT molecular complexity index is 555. The summed E-state index contributed by atoms with van der Waals surface area (Å²) in [4.78, 5) is 15.7. The topological polar surface area (TPSA) is 88.2 Å². The average Bonchev–Trinajstić information content (AvgIpc) is 2.35. The summed E-state index contributed by atoms with van der Waals surface area (Å²) >= 11 is 0. The third-order valence-corrected chi connectivity index (χ3v) is 2.39. The maximum atomic E-state index is 11.7. The molecule has 1 heterocycles. The summed E-state index contributed by atoms with van der Waals surface area (Å²) in [5.74, 6) is 0.290. The Balaban J connectivity index is 2.01. The number of nitrogens with zero attached hydrogens (tertiary/aromatic N) is 1. The minimum Gasteiger partial charge on any atom is -0.506 e. The average molecular weight is 243 g/mol. The zero-order valence-corrected chi connectivity index (χ0v) is 9.63. The highest BCUT2D eigenvalue weighted by Crippen LogP contribution is 2.20. The van der Waals surface area contributed by atoms with Crippen LogP contribution in [0.5, 0.6) is 5.75 Å². The second-order valence-electron chi connectivity index (χ2n) is 3.83. The fraction of sp³-hybridized carbons (Fsp3) is 0.0769. The molecular weight excluding hydrogens is 230 g/mol. The molecule has 0 atom stereocenters. The van der Waals surface area contributed by atoms with Crippen molar-refractivity contribution in [2.75, 3.05) is 11.1 Å². The monoisotopic (exact) mass is 243 g/mol. The number of aromatic hydroxyl groups is 1. The van der Waals surface area contributed by atoms with E-state index in [1.54, 1.807) is 36.5 Å². The summed E-state index contributed by atoms with van der Waals surface area (Å²) in [6.45, 7) is 0. The predicted octanol–water partition coefficient (Wildman–Crippen LogP) is 1.55. The van der Waals surface area contributed by atoms with Crippen LogP contribution in [0.25, 0.3) is 0 Å². The van der Waals surface area contributed by atoms with Crippen LogP contribution in [0.2, 0.25) is 0 Å². The van der Waals surface area contributed by atoms with Crippen molar-refractivity contribution in [3.8, 4) is 5.75 Å². The number of anilines is 2. The van der Waals surface area contributed by atoms with Gasteiger partial charge in [0.1, 0.15) is 11.6 Å². The Hall–Kier alpha value is -2.56. The molecule has 0 aliphatic carbocycles. The van der Waals surface area contributed by atoms with E-state index in [1.165, 1.54) is 6.07 Å². The van der Waals surface area contributed by atoms with E-state index in [4.69, 9.17) is 5.73 Å². The number of carbonyl (C=O) groups excluding carboxylic acids is 1. The van der Waals surface area contributed by atoms with E-state index in [9.17, 15) is 9.90 Å². The van der Waals surface area contributed by atoms with Gasteiger partial charge in [-0.25, -0.2) is 4.98 Å². The number of aromatic nitrogens is 1. The number of carbonyl (C=O) groups is 1. The summed E-state index contributed by atoms with van der Waals surface area (Å²) < 4.78 is 0. The van der Waals surface area contributed by atoms with Gasteiger partial charge in [-0.05, 0) is 29.8 Å². The van der Waals surface area contributed by atoms with Gasteiger partial charge in [-0.1, -0.05) is 12.1 Å². The fourth-order valence-corrected chi connectivity index (χ4v) is 1.51. The molecule has 0 unspecified atom stereocenters. The van der Waals surface area contributed by atoms with Crippen LogP contribution in [0.3, 0.4) is 0 Å². The van der Waals surface area contributed by atoms with Crippen molar-refractivity contribution in [2.24, 2.45) is 0 Å². The first-order valence-corrected chi connectivity index (χ1v) is 5.43.